The molecule has 0 aliphatic heterocycles. The minimum absolute atomic E-state index is 1.11. The van der Waals surface area contributed by atoms with E-state index < -0.39 is 0 Å². The molecule has 222 valence electrons. The molecule has 0 N–H and O–H groups in total. The second-order valence-corrected chi connectivity index (χ2v) is 11.8. The van der Waals surface area contributed by atoms with Crippen molar-refractivity contribution < 1.29 is 0 Å². The molecule has 0 fully saturated rings. The molecule has 0 radical (unpaired) electrons. The van der Waals surface area contributed by atoms with E-state index in [9.17, 15) is 0 Å². The van der Waals surface area contributed by atoms with Crippen molar-refractivity contribution in [3.8, 4) is 44.5 Å². The molecule has 8 aromatic carbocycles. The SMILES string of the molecule is c1ccc(-c2ccc(N(c3ccc(-c4ccccc4)cc3)c3cccc(-c4cccc5cccc(-c6ccccc6)c45)c3)cc2)cc1. The van der Waals surface area contributed by atoms with Crippen LogP contribution in [-0.4, -0.2) is 0 Å². The van der Waals surface area contributed by atoms with E-state index in [0.29, 0.717) is 0 Å². The third kappa shape index (κ3) is 5.72. The fraction of sp³-hybridized carbons (Fsp3) is 0. The van der Waals surface area contributed by atoms with Gasteiger partial charge in [0, 0.05) is 17.1 Å². The van der Waals surface area contributed by atoms with Gasteiger partial charge in [-0.15, -0.1) is 0 Å². The van der Waals surface area contributed by atoms with Crippen LogP contribution in [0.15, 0.2) is 200 Å². The van der Waals surface area contributed by atoms with Crippen LogP contribution >= 0.6 is 0 Å². The first kappa shape index (κ1) is 28.3. The molecular formula is C46H33N. The maximum atomic E-state index is 2.36. The topological polar surface area (TPSA) is 3.24 Å². The quantitative estimate of drug-likeness (QED) is 0.176. The first-order valence-electron chi connectivity index (χ1n) is 16.1. The molecule has 0 saturated heterocycles. The fourth-order valence-electron chi connectivity index (χ4n) is 6.57. The Balaban J connectivity index is 1.26. The summed E-state index contributed by atoms with van der Waals surface area (Å²) in [7, 11) is 0. The van der Waals surface area contributed by atoms with Crippen LogP contribution < -0.4 is 4.90 Å². The lowest BCUT2D eigenvalue weighted by molar-refractivity contribution is 1.28. The summed E-state index contributed by atoms with van der Waals surface area (Å²) < 4.78 is 0. The van der Waals surface area contributed by atoms with E-state index in [1.165, 1.54) is 55.3 Å². The number of hydrogen-bond donors (Lipinski definition) is 0. The highest BCUT2D eigenvalue weighted by atomic mass is 15.1. The molecule has 0 saturated carbocycles. The van der Waals surface area contributed by atoms with Crippen molar-refractivity contribution in [2.75, 3.05) is 4.90 Å². The summed E-state index contributed by atoms with van der Waals surface area (Å²) in [5, 5.41) is 2.50. The van der Waals surface area contributed by atoms with Gasteiger partial charge in [0.2, 0.25) is 0 Å². The van der Waals surface area contributed by atoms with Gasteiger partial charge in [0.25, 0.3) is 0 Å². The maximum Gasteiger partial charge on any atom is 0.0467 e. The molecule has 0 bridgehead atoms. The van der Waals surface area contributed by atoms with Crippen molar-refractivity contribution in [2.45, 2.75) is 0 Å². The highest BCUT2D eigenvalue weighted by Crippen LogP contribution is 2.41. The van der Waals surface area contributed by atoms with Crippen LogP contribution in [0.3, 0.4) is 0 Å². The summed E-state index contributed by atoms with van der Waals surface area (Å²) in [6.45, 7) is 0. The summed E-state index contributed by atoms with van der Waals surface area (Å²) in [6, 6.07) is 71.8. The van der Waals surface area contributed by atoms with Crippen molar-refractivity contribution in [3.05, 3.63) is 200 Å². The Kier molecular flexibility index (Phi) is 7.63. The second-order valence-electron chi connectivity index (χ2n) is 11.8. The van der Waals surface area contributed by atoms with Crippen molar-refractivity contribution in [2.24, 2.45) is 0 Å². The Morgan fingerprint density at radius 3 is 1.17 bits per heavy atom. The third-order valence-electron chi connectivity index (χ3n) is 8.87. The minimum Gasteiger partial charge on any atom is -0.310 e. The number of benzene rings is 8. The smallest absolute Gasteiger partial charge is 0.0467 e. The second kappa shape index (κ2) is 12.7. The molecule has 47 heavy (non-hydrogen) atoms. The lowest BCUT2D eigenvalue weighted by Gasteiger charge is -2.26. The predicted octanol–water partition coefficient (Wildman–Crippen LogP) is 13.0. The molecule has 0 aliphatic carbocycles. The summed E-state index contributed by atoms with van der Waals surface area (Å²) in [6.07, 6.45) is 0. The molecule has 0 spiro atoms. The number of anilines is 3. The summed E-state index contributed by atoms with van der Waals surface area (Å²) >= 11 is 0. The molecule has 0 heterocycles. The van der Waals surface area contributed by atoms with Gasteiger partial charge in [-0.1, -0.05) is 164 Å². The lowest BCUT2D eigenvalue weighted by atomic mass is 9.91. The predicted molar refractivity (Wildman–Crippen MR) is 200 cm³/mol. The number of hydrogen-bond acceptors (Lipinski definition) is 1. The molecule has 0 aromatic heterocycles. The van der Waals surface area contributed by atoms with Gasteiger partial charge in [-0.3, -0.25) is 0 Å². The summed E-state index contributed by atoms with van der Waals surface area (Å²) in [5.41, 5.74) is 13.0. The number of fused-ring (bicyclic) bond motifs is 1. The fourth-order valence-corrected chi connectivity index (χ4v) is 6.57. The molecule has 8 rings (SSSR count). The zero-order valence-corrected chi connectivity index (χ0v) is 26.0. The highest BCUT2D eigenvalue weighted by Gasteiger charge is 2.16. The van der Waals surface area contributed by atoms with Crippen LogP contribution in [0.5, 0.6) is 0 Å². The monoisotopic (exact) mass is 599 g/mol. The Hall–Kier alpha value is -6.18. The standard InChI is InChI=1S/C46H33N/c1-4-13-34(14-5-1)36-25-29-41(30-26-36)47(42-31-27-37(28-32-42)35-15-6-2-7-16-35)43-22-10-21-40(33-43)45-24-12-20-39-19-11-23-44(46(39)45)38-17-8-3-9-18-38/h1-33H. The highest BCUT2D eigenvalue weighted by molar-refractivity contribution is 6.06. The zero-order valence-electron chi connectivity index (χ0n) is 26.0. The van der Waals surface area contributed by atoms with Gasteiger partial charge in [-0.25, -0.2) is 0 Å². The van der Waals surface area contributed by atoms with E-state index in [2.05, 4.69) is 205 Å². The van der Waals surface area contributed by atoms with Crippen LogP contribution in [-0.2, 0) is 0 Å². The lowest BCUT2D eigenvalue weighted by Crippen LogP contribution is -2.10. The van der Waals surface area contributed by atoms with E-state index in [4.69, 9.17) is 0 Å². The van der Waals surface area contributed by atoms with Crippen molar-refractivity contribution >= 4 is 27.8 Å². The van der Waals surface area contributed by atoms with E-state index in [-0.39, 0.29) is 0 Å². The van der Waals surface area contributed by atoms with Gasteiger partial charge in [0.1, 0.15) is 0 Å². The molecule has 0 unspecified atom stereocenters. The maximum absolute atomic E-state index is 2.36. The van der Waals surface area contributed by atoms with Crippen LogP contribution in [0.1, 0.15) is 0 Å². The van der Waals surface area contributed by atoms with Crippen LogP contribution in [0.25, 0.3) is 55.3 Å². The van der Waals surface area contributed by atoms with Crippen LogP contribution in [0.4, 0.5) is 17.1 Å². The Labute approximate surface area is 276 Å². The van der Waals surface area contributed by atoms with Gasteiger partial charge >= 0.3 is 0 Å². The van der Waals surface area contributed by atoms with Gasteiger partial charge in [-0.05, 0) is 91.7 Å². The Morgan fingerprint density at radius 1 is 0.255 bits per heavy atom. The van der Waals surface area contributed by atoms with Crippen LogP contribution in [0.2, 0.25) is 0 Å². The summed E-state index contributed by atoms with van der Waals surface area (Å²) in [5.74, 6) is 0. The number of rotatable bonds is 7. The van der Waals surface area contributed by atoms with Gasteiger partial charge in [-0.2, -0.15) is 0 Å². The van der Waals surface area contributed by atoms with E-state index in [0.717, 1.165) is 17.1 Å². The van der Waals surface area contributed by atoms with Crippen molar-refractivity contribution in [1.29, 1.82) is 0 Å². The van der Waals surface area contributed by atoms with E-state index in [1.807, 2.05) is 0 Å². The molecule has 1 nitrogen and oxygen atoms in total. The zero-order chi connectivity index (χ0) is 31.4. The van der Waals surface area contributed by atoms with E-state index >= 15 is 0 Å². The van der Waals surface area contributed by atoms with Gasteiger partial charge in [0.05, 0.1) is 0 Å². The minimum atomic E-state index is 1.11. The molecule has 0 amide bonds. The molecule has 0 aliphatic rings. The first-order chi connectivity index (χ1) is 23.3. The van der Waals surface area contributed by atoms with Gasteiger partial charge < -0.3 is 4.90 Å². The molecule has 0 atom stereocenters. The largest absolute Gasteiger partial charge is 0.310 e. The Morgan fingerprint density at radius 2 is 0.660 bits per heavy atom. The Bertz CT molecular complexity index is 2170. The van der Waals surface area contributed by atoms with Crippen LogP contribution in [0, 0.1) is 0 Å². The summed E-state index contributed by atoms with van der Waals surface area (Å²) in [4.78, 5) is 2.36. The van der Waals surface area contributed by atoms with E-state index in [1.54, 1.807) is 0 Å². The normalized spacial score (nSPS) is 11.0. The molecular weight excluding hydrogens is 567 g/mol. The average molecular weight is 600 g/mol. The average Bonchev–Trinajstić information content (AvgIpc) is 3.16. The number of nitrogens with zero attached hydrogens (tertiary/aromatic N) is 1. The first-order valence-corrected chi connectivity index (χ1v) is 16.1. The third-order valence-corrected chi connectivity index (χ3v) is 8.87. The van der Waals surface area contributed by atoms with Gasteiger partial charge in [0.15, 0.2) is 0 Å². The molecule has 8 aromatic rings. The van der Waals surface area contributed by atoms with Crippen molar-refractivity contribution in [3.63, 3.8) is 0 Å². The van der Waals surface area contributed by atoms with Crippen molar-refractivity contribution in [1.82, 2.24) is 0 Å². The molecule has 1 heteroatoms.